The van der Waals surface area contributed by atoms with Crippen LogP contribution < -0.4 is 0 Å². The van der Waals surface area contributed by atoms with E-state index in [1.54, 1.807) is 12.5 Å². The van der Waals surface area contributed by atoms with E-state index in [0.29, 0.717) is 0 Å². The first-order chi connectivity index (χ1) is 10.3. The number of hydrogen-bond donors (Lipinski definition) is 0. The van der Waals surface area contributed by atoms with E-state index >= 15 is 0 Å². The molecule has 0 bridgehead atoms. The molecule has 0 aromatic carbocycles. The van der Waals surface area contributed by atoms with Crippen LogP contribution in [-0.2, 0) is 23.8 Å². The van der Waals surface area contributed by atoms with Gasteiger partial charge >= 0.3 is 42.1 Å². The van der Waals surface area contributed by atoms with Crippen LogP contribution in [0.4, 0.5) is 0 Å². The van der Waals surface area contributed by atoms with Crippen molar-refractivity contribution in [1.82, 2.24) is 0 Å². The molecule has 0 aromatic heterocycles. The first kappa shape index (κ1) is 25.1. The molecule has 0 unspecified atom stereocenters. The number of nitrogens with zero attached hydrogens (tertiary/aromatic N) is 2. The Bertz CT molecular complexity index is 329. The fraction of sp³-hybridized carbons (Fsp3) is 0.714. The molecule has 2 aliphatic rings. The van der Waals surface area contributed by atoms with Gasteiger partial charge in [0.05, 0.1) is 0 Å². The summed E-state index contributed by atoms with van der Waals surface area (Å²) >= 11 is -1.66. The molecule has 2 rings (SSSR count). The summed E-state index contributed by atoms with van der Waals surface area (Å²) in [5, 5.41) is 8.20. The van der Waals surface area contributed by atoms with Gasteiger partial charge in [-0.05, 0) is 12.8 Å². The molecule has 0 radical (unpaired) electrons. The molecule has 0 spiro atoms. The summed E-state index contributed by atoms with van der Waals surface area (Å²) in [4.78, 5) is 0. The van der Waals surface area contributed by atoms with Crippen molar-refractivity contribution >= 4 is 39.9 Å². The van der Waals surface area contributed by atoms with E-state index in [9.17, 15) is 4.21 Å². The number of rotatable bonds is 0. The zero-order chi connectivity index (χ0) is 17.4. The predicted octanol–water partition coefficient (Wildman–Crippen LogP) is 5.68. The summed E-state index contributed by atoms with van der Waals surface area (Å²) in [5.74, 6) is 0.942. The van der Waals surface area contributed by atoms with Crippen LogP contribution >= 0.6 is 29.1 Å². The van der Waals surface area contributed by atoms with Crippen molar-refractivity contribution in [3.63, 3.8) is 0 Å². The Kier molecular flexibility index (Phi) is 20.8. The summed E-state index contributed by atoms with van der Waals surface area (Å²) in [5.41, 5.74) is 1.31. The van der Waals surface area contributed by atoms with Crippen molar-refractivity contribution in [3.05, 3.63) is 34.6 Å². The summed E-state index contributed by atoms with van der Waals surface area (Å²) < 4.78 is 9.56. The van der Waals surface area contributed by atoms with Crippen LogP contribution in [0.25, 0.3) is 10.6 Å². The summed E-state index contributed by atoms with van der Waals surface area (Å²) in [7, 11) is 14.2. The van der Waals surface area contributed by atoms with Crippen molar-refractivity contribution in [2.45, 2.75) is 26.7 Å². The molecule has 2 aliphatic heterocycles. The van der Waals surface area contributed by atoms with Crippen LogP contribution in [0.15, 0.2) is 23.9 Å². The maximum atomic E-state index is 9.56. The Balaban J connectivity index is 0. The molecule has 2 heterocycles. The van der Waals surface area contributed by atoms with Gasteiger partial charge in [0.2, 0.25) is 0 Å². The second-order valence-corrected chi connectivity index (χ2v) is 13.8. The van der Waals surface area contributed by atoms with E-state index < -0.39 is 23.8 Å². The Morgan fingerprint density at radius 3 is 1.86 bits per heavy atom. The number of piperidine rings is 1. The van der Waals surface area contributed by atoms with Crippen LogP contribution in [0.1, 0.15) is 26.7 Å². The first-order valence-electron chi connectivity index (χ1n) is 6.78. The van der Waals surface area contributed by atoms with Gasteiger partial charge in [-0.25, -0.2) is 0 Å². The average Bonchev–Trinajstić information content (AvgIpc) is 2.40. The summed E-state index contributed by atoms with van der Waals surface area (Å²) in [6, 6.07) is 0. The number of allylic oxidation sites excluding steroid dienone is 2. The van der Waals surface area contributed by atoms with Gasteiger partial charge in [-0.15, -0.1) is 19.6 Å². The maximum absolute atomic E-state index is 9.56. The second kappa shape index (κ2) is 18.2. The minimum absolute atomic E-state index is 0.611. The molecule has 0 saturated carbocycles. The molecule has 3 nitrogen and oxygen atoms in total. The average molecular weight is 480 g/mol. The third-order valence-corrected chi connectivity index (χ3v) is 2.52. The van der Waals surface area contributed by atoms with Crippen LogP contribution in [0.3, 0.4) is 0 Å². The molecule has 0 amide bonds. The van der Waals surface area contributed by atoms with Gasteiger partial charge in [-0.1, -0.05) is 37.5 Å². The van der Waals surface area contributed by atoms with Crippen molar-refractivity contribution in [2.24, 2.45) is 5.92 Å². The van der Waals surface area contributed by atoms with E-state index in [2.05, 4.69) is 30.6 Å². The van der Waals surface area contributed by atoms with Crippen LogP contribution in [-0.4, -0.2) is 36.4 Å². The van der Waals surface area contributed by atoms with Crippen LogP contribution in [0, 0.1) is 5.92 Å². The SMILES string of the molecule is CC1=CC[N-]C=C1.CC1CC[N-]CC1.CS(C)=O.[Cl][Rh]([Cl])[Cl]. The minimum atomic E-state index is -1.66. The third kappa shape index (κ3) is 29.0. The normalized spacial score (nSPS) is 17.5. The van der Waals surface area contributed by atoms with E-state index in [4.69, 9.17) is 29.1 Å². The van der Waals surface area contributed by atoms with Gasteiger partial charge in [-0.2, -0.15) is 6.20 Å². The van der Waals surface area contributed by atoms with Gasteiger partial charge in [-0.3, -0.25) is 4.21 Å². The van der Waals surface area contributed by atoms with E-state index in [-0.39, 0.29) is 0 Å². The Morgan fingerprint density at radius 1 is 1.23 bits per heavy atom. The molecular formula is C14H26Cl3N2ORhS-2. The number of hydrogen-bond acceptors (Lipinski definition) is 1. The van der Waals surface area contributed by atoms with E-state index in [1.165, 1.54) is 18.4 Å². The zero-order valence-corrected chi connectivity index (χ0v) is 18.2. The second-order valence-electron chi connectivity index (χ2n) is 4.87. The molecule has 0 atom stereocenters. The van der Waals surface area contributed by atoms with Gasteiger partial charge in [0.1, 0.15) is 0 Å². The molecule has 136 valence electrons. The van der Waals surface area contributed by atoms with Crippen LogP contribution in [0.2, 0.25) is 0 Å². The molecule has 0 N–H and O–H groups in total. The molecule has 0 aromatic rings. The third-order valence-electron chi connectivity index (χ3n) is 2.52. The predicted molar refractivity (Wildman–Crippen MR) is 100 cm³/mol. The fourth-order valence-electron chi connectivity index (χ4n) is 1.38. The fourth-order valence-corrected chi connectivity index (χ4v) is 1.38. The summed E-state index contributed by atoms with van der Waals surface area (Å²) in [6.45, 7) is 7.46. The molecule has 1 fully saturated rings. The van der Waals surface area contributed by atoms with Crippen LogP contribution in [0.5, 0.6) is 0 Å². The Morgan fingerprint density at radius 2 is 1.68 bits per heavy atom. The quantitative estimate of drug-likeness (QED) is 0.412. The monoisotopic (exact) mass is 478 g/mol. The molecule has 1 saturated heterocycles. The standard InChI is InChI=1S/C6H12N.C6H8N.C2H6OS.3ClH.Rh/c2*1-6-2-4-7-5-3-6;1-4(2)3;;;;/h6H,2-5H2,1H3;2-4H,5H2,1H3;1-2H3;3*1H;/q2*-1;;;;;+3/p-3. The topological polar surface area (TPSA) is 45.3 Å². The van der Waals surface area contributed by atoms with Gasteiger partial charge in [0.25, 0.3) is 0 Å². The van der Waals surface area contributed by atoms with Crippen molar-refractivity contribution in [3.8, 4) is 0 Å². The van der Waals surface area contributed by atoms with Crippen molar-refractivity contribution < 1.29 is 17.2 Å². The van der Waals surface area contributed by atoms with Gasteiger partial charge in [0, 0.05) is 23.3 Å². The number of halogens is 3. The Hall–Kier alpha value is 0.883. The molecule has 0 aliphatic carbocycles. The molecule has 22 heavy (non-hydrogen) atoms. The zero-order valence-electron chi connectivity index (χ0n) is 13.5. The van der Waals surface area contributed by atoms with Crippen molar-refractivity contribution in [1.29, 1.82) is 0 Å². The molecular weight excluding hydrogens is 453 g/mol. The van der Waals surface area contributed by atoms with E-state index in [0.717, 1.165) is 25.6 Å². The van der Waals surface area contributed by atoms with Gasteiger partial charge < -0.3 is 10.6 Å². The molecule has 8 heteroatoms. The summed E-state index contributed by atoms with van der Waals surface area (Å²) in [6.07, 6.45) is 11.9. The van der Waals surface area contributed by atoms with Gasteiger partial charge in [0.15, 0.2) is 0 Å². The van der Waals surface area contributed by atoms with Crippen molar-refractivity contribution in [2.75, 3.05) is 32.1 Å². The van der Waals surface area contributed by atoms with E-state index in [1.807, 2.05) is 12.3 Å². The first-order valence-corrected chi connectivity index (χ1v) is 15.1. The Labute approximate surface area is 155 Å².